The minimum absolute atomic E-state index is 0.0243. The molecule has 1 saturated carbocycles. The van der Waals surface area contributed by atoms with E-state index in [2.05, 4.69) is 10.3 Å². The lowest BCUT2D eigenvalue weighted by Gasteiger charge is -2.16. The van der Waals surface area contributed by atoms with Crippen molar-refractivity contribution in [3.63, 3.8) is 0 Å². The van der Waals surface area contributed by atoms with Crippen LogP contribution in [-0.4, -0.2) is 15.8 Å². The smallest absolute Gasteiger partial charge is 0.309 e. The van der Waals surface area contributed by atoms with E-state index >= 15 is 0 Å². The van der Waals surface area contributed by atoms with Crippen molar-refractivity contribution in [2.75, 3.05) is 0 Å². The van der Waals surface area contributed by atoms with Gasteiger partial charge in [0, 0.05) is 23.1 Å². The normalized spacial score (nSPS) is 16.7. The van der Waals surface area contributed by atoms with Crippen LogP contribution in [0.2, 0.25) is 0 Å². The highest BCUT2D eigenvalue weighted by Gasteiger charge is 2.37. The Morgan fingerprint density at radius 3 is 2.45 bits per heavy atom. The topological polar surface area (TPSA) is 24.9 Å². The van der Waals surface area contributed by atoms with E-state index in [1.807, 2.05) is 20.8 Å². The van der Waals surface area contributed by atoms with Crippen LogP contribution >= 0.6 is 23.1 Å². The Hall–Kier alpha value is -0.270. The molecule has 1 aromatic rings. The van der Waals surface area contributed by atoms with Gasteiger partial charge in [-0.1, -0.05) is 20.8 Å². The summed E-state index contributed by atoms with van der Waals surface area (Å²) in [5.41, 5.74) is -0.708. The fourth-order valence-corrected chi connectivity index (χ4v) is 3.47. The monoisotopic (exact) mass is 324 g/mol. The van der Waals surface area contributed by atoms with Crippen LogP contribution in [0, 0.1) is 0 Å². The number of nitrogens with one attached hydrogen (secondary N) is 1. The number of rotatable bonds is 5. The molecule has 0 aliphatic heterocycles. The molecule has 0 atom stereocenters. The van der Waals surface area contributed by atoms with E-state index < -0.39 is 11.9 Å². The molecule has 1 heterocycles. The van der Waals surface area contributed by atoms with Crippen LogP contribution in [0.3, 0.4) is 0 Å². The average Bonchev–Trinajstić information content (AvgIpc) is 3.01. The van der Waals surface area contributed by atoms with E-state index in [9.17, 15) is 13.2 Å². The summed E-state index contributed by atoms with van der Waals surface area (Å²) in [5, 5.41) is 3.69. The van der Waals surface area contributed by atoms with Crippen molar-refractivity contribution < 1.29 is 13.2 Å². The Balaban J connectivity index is 2.08. The van der Waals surface area contributed by atoms with Gasteiger partial charge < -0.3 is 5.32 Å². The van der Waals surface area contributed by atoms with E-state index in [1.165, 1.54) is 11.3 Å². The number of hydrogen-bond donors (Lipinski definition) is 1. The summed E-state index contributed by atoms with van der Waals surface area (Å²) in [6, 6.07) is 0.394. The first-order chi connectivity index (χ1) is 9.15. The molecule has 1 N–H and O–H groups in total. The minimum Gasteiger partial charge on any atom is -0.309 e. The maximum absolute atomic E-state index is 13.0. The Kier molecular flexibility index (Phi) is 4.71. The largest absolute Gasteiger partial charge is 0.434 e. The Bertz CT molecular complexity index is 459. The molecule has 2 nitrogen and oxygen atoms in total. The second-order valence-electron chi connectivity index (χ2n) is 5.93. The van der Waals surface area contributed by atoms with Crippen molar-refractivity contribution in [1.29, 1.82) is 0 Å². The van der Waals surface area contributed by atoms with Crippen molar-refractivity contribution >= 4 is 23.1 Å². The van der Waals surface area contributed by atoms with E-state index in [0.717, 1.165) is 12.8 Å². The van der Waals surface area contributed by atoms with E-state index in [-0.39, 0.29) is 11.3 Å². The highest BCUT2D eigenvalue weighted by atomic mass is 32.2. The van der Waals surface area contributed by atoms with Gasteiger partial charge in [0.1, 0.15) is 5.01 Å². The van der Waals surface area contributed by atoms with Gasteiger partial charge in [-0.15, -0.1) is 23.1 Å². The zero-order chi connectivity index (χ0) is 15.0. The zero-order valence-corrected chi connectivity index (χ0v) is 13.4. The van der Waals surface area contributed by atoms with Gasteiger partial charge in [0.2, 0.25) is 0 Å². The average molecular weight is 324 g/mol. The van der Waals surface area contributed by atoms with Crippen molar-refractivity contribution in [2.24, 2.45) is 0 Å². The quantitative estimate of drug-likeness (QED) is 0.866. The zero-order valence-electron chi connectivity index (χ0n) is 11.8. The van der Waals surface area contributed by atoms with Gasteiger partial charge in [0.25, 0.3) is 0 Å². The highest BCUT2D eigenvalue weighted by Crippen LogP contribution is 2.37. The minimum atomic E-state index is -4.36. The van der Waals surface area contributed by atoms with Crippen molar-refractivity contribution in [1.82, 2.24) is 10.3 Å². The molecule has 20 heavy (non-hydrogen) atoms. The Morgan fingerprint density at radius 1 is 1.30 bits per heavy atom. The standard InChI is InChI=1S/C13H19F3N2S2/c1-12(2,3)19-7-10-18-11(13(14,15)16)9(20-10)6-17-8-4-5-8/h8,17H,4-7H2,1-3H3. The summed E-state index contributed by atoms with van der Waals surface area (Å²) in [5.74, 6) is 0.528. The summed E-state index contributed by atoms with van der Waals surface area (Å²) >= 11 is 2.80. The Morgan fingerprint density at radius 2 is 1.95 bits per heavy atom. The first kappa shape index (κ1) is 16.1. The number of thioether (sulfide) groups is 1. The summed E-state index contributed by atoms with van der Waals surface area (Å²) < 4.78 is 39.0. The lowest BCUT2D eigenvalue weighted by Crippen LogP contribution is -2.18. The molecular weight excluding hydrogens is 305 g/mol. The van der Waals surface area contributed by atoms with Gasteiger partial charge in [0.05, 0.1) is 4.88 Å². The van der Waals surface area contributed by atoms with Crippen LogP contribution in [-0.2, 0) is 18.5 Å². The summed E-state index contributed by atoms with van der Waals surface area (Å²) in [6.07, 6.45) is -2.23. The van der Waals surface area contributed by atoms with Gasteiger partial charge in [-0.3, -0.25) is 0 Å². The number of hydrogen-bond acceptors (Lipinski definition) is 4. The van der Waals surface area contributed by atoms with Gasteiger partial charge in [-0.25, -0.2) is 4.98 Å². The van der Waals surface area contributed by atoms with Gasteiger partial charge in [-0.05, 0) is 12.8 Å². The summed E-state index contributed by atoms with van der Waals surface area (Å²) in [6.45, 7) is 6.42. The number of aromatic nitrogens is 1. The van der Waals surface area contributed by atoms with Crippen molar-refractivity contribution in [3.05, 3.63) is 15.6 Å². The number of alkyl halides is 3. The predicted octanol–water partition coefficient (Wildman–Crippen LogP) is 4.45. The lowest BCUT2D eigenvalue weighted by atomic mass is 10.3. The second-order valence-corrected chi connectivity index (χ2v) is 8.90. The third kappa shape index (κ3) is 4.93. The SMILES string of the molecule is CC(C)(C)SCc1nc(C(F)(F)F)c(CNC2CC2)s1. The molecule has 0 aromatic carbocycles. The van der Waals surface area contributed by atoms with E-state index in [0.29, 0.717) is 21.7 Å². The van der Waals surface area contributed by atoms with E-state index in [4.69, 9.17) is 0 Å². The number of thiazole rings is 1. The molecule has 0 radical (unpaired) electrons. The lowest BCUT2D eigenvalue weighted by molar-refractivity contribution is -0.141. The fourth-order valence-electron chi connectivity index (χ4n) is 1.61. The van der Waals surface area contributed by atoms with Crippen LogP contribution in [0.15, 0.2) is 0 Å². The van der Waals surface area contributed by atoms with Gasteiger partial charge >= 0.3 is 6.18 Å². The van der Waals surface area contributed by atoms with Gasteiger partial charge in [-0.2, -0.15) is 13.2 Å². The van der Waals surface area contributed by atoms with Crippen LogP contribution in [0.4, 0.5) is 13.2 Å². The molecule has 1 aliphatic carbocycles. The first-order valence-corrected chi connectivity index (χ1v) is 8.38. The molecule has 1 aliphatic rings. The number of halogens is 3. The second kappa shape index (κ2) is 5.85. The summed E-state index contributed by atoms with van der Waals surface area (Å²) in [7, 11) is 0. The van der Waals surface area contributed by atoms with Crippen molar-refractivity contribution in [2.45, 2.75) is 62.9 Å². The third-order valence-electron chi connectivity index (χ3n) is 2.77. The Labute approximate surface area is 125 Å². The molecular formula is C13H19F3N2S2. The molecule has 114 valence electrons. The predicted molar refractivity (Wildman–Crippen MR) is 78.0 cm³/mol. The maximum atomic E-state index is 13.0. The summed E-state index contributed by atoms with van der Waals surface area (Å²) in [4.78, 5) is 4.13. The van der Waals surface area contributed by atoms with Crippen LogP contribution in [0.25, 0.3) is 0 Å². The molecule has 0 unspecified atom stereocenters. The third-order valence-corrected chi connectivity index (χ3v) is 5.29. The molecule has 0 spiro atoms. The number of nitrogens with zero attached hydrogens (tertiary/aromatic N) is 1. The van der Waals surface area contributed by atoms with Gasteiger partial charge in [0.15, 0.2) is 5.69 Å². The van der Waals surface area contributed by atoms with Crippen LogP contribution < -0.4 is 5.32 Å². The molecule has 0 saturated heterocycles. The van der Waals surface area contributed by atoms with Crippen molar-refractivity contribution in [3.8, 4) is 0 Å². The van der Waals surface area contributed by atoms with Crippen LogP contribution in [0.1, 0.15) is 49.2 Å². The molecule has 0 bridgehead atoms. The first-order valence-electron chi connectivity index (χ1n) is 6.58. The molecule has 2 rings (SSSR count). The molecule has 1 fully saturated rings. The van der Waals surface area contributed by atoms with E-state index in [1.54, 1.807) is 11.8 Å². The highest BCUT2D eigenvalue weighted by molar-refractivity contribution is 7.99. The van der Waals surface area contributed by atoms with Crippen LogP contribution in [0.5, 0.6) is 0 Å². The molecule has 7 heteroatoms. The maximum Gasteiger partial charge on any atom is 0.434 e. The molecule has 0 amide bonds. The molecule has 1 aromatic heterocycles. The fraction of sp³-hybridized carbons (Fsp3) is 0.769.